The topological polar surface area (TPSA) is 78.7 Å². The molecule has 0 aliphatic heterocycles. The van der Waals surface area contributed by atoms with E-state index in [1.807, 2.05) is 37.3 Å². The van der Waals surface area contributed by atoms with Gasteiger partial charge in [0.1, 0.15) is 11.5 Å². The van der Waals surface area contributed by atoms with E-state index in [9.17, 15) is 14.9 Å². The summed E-state index contributed by atoms with van der Waals surface area (Å²) in [5.41, 5.74) is 0.745. The van der Waals surface area contributed by atoms with E-state index in [0.29, 0.717) is 5.75 Å². The first-order chi connectivity index (χ1) is 11.5. The monoisotopic (exact) mass is 323 g/mol. The van der Waals surface area contributed by atoms with Crippen molar-refractivity contribution in [2.75, 3.05) is 0 Å². The Kier molecular flexibility index (Phi) is 4.11. The van der Waals surface area contributed by atoms with E-state index < -0.39 is 11.1 Å². The van der Waals surface area contributed by atoms with Gasteiger partial charge >= 0.3 is 6.16 Å². The third kappa shape index (κ3) is 3.17. The van der Waals surface area contributed by atoms with Gasteiger partial charge in [0.2, 0.25) is 0 Å². The molecule has 0 atom stereocenters. The molecule has 3 rings (SSSR count). The van der Waals surface area contributed by atoms with Gasteiger partial charge in [0.25, 0.3) is 5.69 Å². The van der Waals surface area contributed by atoms with Crippen LogP contribution < -0.4 is 9.47 Å². The number of aryl methyl sites for hydroxylation is 1. The van der Waals surface area contributed by atoms with Gasteiger partial charge in [-0.15, -0.1) is 0 Å². The number of hydrogen-bond donors (Lipinski definition) is 0. The maximum atomic E-state index is 11.9. The van der Waals surface area contributed by atoms with Crippen LogP contribution in [0.4, 0.5) is 10.5 Å². The molecule has 0 spiro atoms. The fourth-order valence-electron chi connectivity index (χ4n) is 2.36. The number of nitro groups is 1. The molecule has 0 aliphatic rings. The molecule has 0 saturated carbocycles. The van der Waals surface area contributed by atoms with Crippen LogP contribution in [0.15, 0.2) is 60.7 Å². The zero-order valence-corrected chi connectivity index (χ0v) is 12.8. The first kappa shape index (κ1) is 15.5. The van der Waals surface area contributed by atoms with Gasteiger partial charge in [-0.05, 0) is 41.5 Å². The Hall–Kier alpha value is -3.41. The third-order valence-electron chi connectivity index (χ3n) is 3.59. The summed E-state index contributed by atoms with van der Waals surface area (Å²) in [6, 6.07) is 16.5. The first-order valence-corrected chi connectivity index (χ1v) is 7.17. The fourth-order valence-corrected chi connectivity index (χ4v) is 2.36. The molecule has 6 nitrogen and oxygen atoms in total. The molecule has 0 heterocycles. The minimum Gasteiger partial charge on any atom is -0.395 e. The number of hydrogen-bond acceptors (Lipinski definition) is 5. The number of carbonyl (C=O) groups excluding carboxylic acids is 1. The van der Waals surface area contributed by atoms with Gasteiger partial charge in [-0.2, -0.15) is 0 Å². The van der Waals surface area contributed by atoms with Crippen LogP contribution >= 0.6 is 0 Å². The number of nitro benzene ring substituents is 1. The number of rotatable bonds is 3. The van der Waals surface area contributed by atoms with E-state index >= 15 is 0 Å². The lowest BCUT2D eigenvalue weighted by molar-refractivity contribution is -0.384. The lowest BCUT2D eigenvalue weighted by Crippen LogP contribution is -2.14. The molecule has 0 N–H and O–H groups in total. The molecular formula is C18H13NO5. The highest BCUT2D eigenvalue weighted by Crippen LogP contribution is 2.27. The number of benzene rings is 3. The van der Waals surface area contributed by atoms with Crippen LogP contribution in [0, 0.1) is 17.0 Å². The molecule has 120 valence electrons. The van der Waals surface area contributed by atoms with E-state index in [2.05, 4.69) is 0 Å². The molecule has 3 aromatic rings. The van der Waals surface area contributed by atoms with Crippen LogP contribution in [0.3, 0.4) is 0 Å². The number of fused-ring (bicyclic) bond motifs is 1. The van der Waals surface area contributed by atoms with Crippen molar-refractivity contribution in [3.05, 3.63) is 76.3 Å². The fraction of sp³-hybridized carbons (Fsp3) is 0.0556. The Morgan fingerprint density at radius 3 is 2.38 bits per heavy atom. The Morgan fingerprint density at radius 1 is 0.958 bits per heavy atom. The van der Waals surface area contributed by atoms with Crippen LogP contribution in [-0.4, -0.2) is 11.1 Å². The second kappa shape index (κ2) is 6.37. The zero-order chi connectivity index (χ0) is 17.1. The van der Waals surface area contributed by atoms with Crippen molar-refractivity contribution in [3.8, 4) is 11.5 Å². The predicted molar refractivity (Wildman–Crippen MR) is 88.4 cm³/mol. The zero-order valence-electron chi connectivity index (χ0n) is 12.8. The van der Waals surface area contributed by atoms with Gasteiger partial charge in [0, 0.05) is 12.1 Å². The van der Waals surface area contributed by atoms with Crippen LogP contribution in [0.25, 0.3) is 10.8 Å². The molecule has 0 saturated heterocycles. The van der Waals surface area contributed by atoms with Crippen LogP contribution in [0.1, 0.15) is 5.56 Å². The second-order valence-corrected chi connectivity index (χ2v) is 5.11. The molecule has 0 unspecified atom stereocenters. The second-order valence-electron chi connectivity index (χ2n) is 5.11. The lowest BCUT2D eigenvalue weighted by atomic mass is 10.1. The summed E-state index contributed by atoms with van der Waals surface area (Å²) in [6.45, 7) is 1.86. The number of non-ortho nitro benzene ring substituents is 1. The minimum atomic E-state index is -0.901. The molecule has 0 aliphatic carbocycles. The summed E-state index contributed by atoms with van der Waals surface area (Å²) in [6.07, 6.45) is -0.901. The summed E-state index contributed by atoms with van der Waals surface area (Å²) in [5, 5.41) is 12.6. The summed E-state index contributed by atoms with van der Waals surface area (Å²) in [7, 11) is 0. The van der Waals surface area contributed by atoms with Gasteiger partial charge < -0.3 is 9.47 Å². The van der Waals surface area contributed by atoms with E-state index in [4.69, 9.17) is 9.47 Å². The quantitative estimate of drug-likeness (QED) is 0.304. The molecule has 0 amide bonds. The molecular weight excluding hydrogens is 310 g/mol. The van der Waals surface area contributed by atoms with Crippen molar-refractivity contribution < 1.29 is 19.2 Å². The smallest absolute Gasteiger partial charge is 0.395 e. The molecule has 3 aromatic carbocycles. The summed E-state index contributed by atoms with van der Waals surface area (Å²) in [5.74, 6) is 0.574. The van der Waals surface area contributed by atoms with Gasteiger partial charge in [0.05, 0.1) is 4.92 Å². The van der Waals surface area contributed by atoms with Gasteiger partial charge in [0.15, 0.2) is 0 Å². The average molecular weight is 323 g/mol. The average Bonchev–Trinajstić information content (AvgIpc) is 2.58. The number of carbonyl (C=O) groups is 1. The first-order valence-electron chi connectivity index (χ1n) is 7.17. The van der Waals surface area contributed by atoms with Crippen molar-refractivity contribution in [1.29, 1.82) is 0 Å². The Morgan fingerprint density at radius 2 is 1.67 bits per heavy atom. The van der Waals surface area contributed by atoms with Crippen molar-refractivity contribution >= 4 is 22.6 Å². The van der Waals surface area contributed by atoms with Crippen molar-refractivity contribution in [2.24, 2.45) is 0 Å². The van der Waals surface area contributed by atoms with E-state index in [1.165, 1.54) is 24.3 Å². The lowest BCUT2D eigenvalue weighted by Gasteiger charge is -2.10. The van der Waals surface area contributed by atoms with Gasteiger partial charge in [-0.3, -0.25) is 10.1 Å². The molecule has 0 aromatic heterocycles. The summed E-state index contributed by atoms with van der Waals surface area (Å²) >= 11 is 0. The maximum absolute atomic E-state index is 11.9. The Bertz CT molecular complexity index is 918. The maximum Gasteiger partial charge on any atom is 0.519 e. The highest BCUT2D eigenvalue weighted by molar-refractivity contribution is 5.88. The standard InChI is InChI=1S/C18H13NO5/c1-12-16-5-3-2-4-13(16)6-11-17(12)24-18(20)23-15-9-7-14(8-10-15)19(21)22/h2-11H,1H3. The molecule has 0 bridgehead atoms. The highest BCUT2D eigenvalue weighted by atomic mass is 16.7. The van der Waals surface area contributed by atoms with Crippen LogP contribution in [0.2, 0.25) is 0 Å². The largest absolute Gasteiger partial charge is 0.519 e. The van der Waals surface area contributed by atoms with Crippen molar-refractivity contribution in [2.45, 2.75) is 6.92 Å². The predicted octanol–water partition coefficient (Wildman–Crippen LogP) is 4.63. The minimum absolute atomic E-state index is 0.0823. The highest BCUT2D eigenvalue weighted by Gasteiger charge is 2.13. The Labute approximate surface area is 137 Å². The Balaban J connectivity index is 1.75. The van der Waals surface area contributed by atoms with Gasteiger partial charge in [-0.25, -0.2) is 4.79 Å². The normalized spacial score (nSPS) is 10.4. The van der Waals surface area contributed by atoms with Crippen molar-refractivity contribution in [3.63, 3.8) is 0 Å². The molecule has 6 heteroatoms. The van der Waals surface area contributed by atoms with E-state index in [-0.39, 0.29) is 11.4 Å². The van der Waals surface area contributed by atoms with Crippen LogP contribution in [-0.2, 0) is 0 Å². The number of nitrogens with zero attached hydrogens (tertiary/aromatic N) is 1. The number of ether oxygens (including phenoxy) is 2. The van der Waals surface area contributed by atoms with Crippen LogP contribution in [0.5, 0.6) is 11.5 Å². The van der Waals surface area contributed by atoms with Gasteiger partial charge in [-0.1, -0.05) is 30.3 Å². The van der Waals surface area contributed by atoms with E-state index in [1.54, 1.807) is 6.07 Å². The third-order valence-corrected chi connectivity index (χ3v) is 3.59. The summed E-state index contributed by atoms with van der Waals surface area (Å²) < 4.78 is 10.3. The SMILES string of the molecule is Cc1c(OC(=O)Oc2ccc([N+](=O)[O-])cc2)ccc2ccccc12. The molecule has 0 fully saturated rings. The summed E-state index contributed by atoms with van der Waals surface area (Å²) in [4.78, 5) is 22.0. The molecule has 24 heavy (non-hydrogen) atoms. The van der Waals surface area contributed by atoms with Crippen molar-refractivity contribution in [1.82, 2.24) is 0 Å². The van der Waals surface area contributed by atoms with E-state index in [0.717, 1.165) is 16.3 Å². The molecule has 0 radical (unpaired) electrons.